The van der Waals surface area contributed by atoms with Crippen molar-refractivity contribution in [2.75, 3.05) is 12.8 Å². The van der Waals surface area contributed by atoms with Crippen LogP contribution in [0.4, 0.5) is 0 Å². The lowest BCUT2D eigenvalue weighted by Gasteiger charge is -2.29. The van der Waals surface area contributed by atoms with Gasteiger partial charge in [0, 0.05) is 17.3 Å². The number of hydrogen-bond donors (Lipinski definition) is 2. The molecule has 1 fully saturated rings. The van der Waals surface area contributed by atoms with Gasteiger partial charge in [-0.05, 0) is 43.7 Å². The van der Waals surface area contributed by atoms with Crippen molar-refractivity contribution in [1.82, 2.24) is 5.32 Å². The summed E-state index contributed by atoms with van der Waals surface area (Å²) in [5.41, 5.74) is 1.08. The van der Waals surface area contributed by atoms with Crippen molar-refractivity contribution in [3.8, 4) is 0 Å². The Balaban J connectivity index is 1.98. The Hall–Kier alpha value is -0.560. The summed E-state index contributed by atoms with van der Waals surface area (Å²) in [6.07, 6.45) is 7.38. The molecule has 1 aliphatic carbocycles. The zero-order valence-electron chi connectivity index (χ0n) is 12.6. The number of benzene rings is 1. The molecule has 0 aliphatic heterocycles. The predicted octanol–water partition coefficient (Wildman–Crippen LogP) is 2.66. The second-order valence-corrected chi connectivity index (χ2v) is 8.65. The molecule has 3 N–H and O–H groups in total. The topological polar surface area (TPSA) is 72.2 Å². The Bertz CT molecular complexity index is 564. The van der Waals surface area contributed by atoms with E-state index in [1.165, 1.54) is 25.7 Å². The maximum atomic E-state index is 11.3. The van der Waals surface area contributed by atoms with Gasteiger partial charge in [0.25, 0.3) is 0 Å². The summed E-state index contributed by atoms with van der Waals surface area (Å²) in [5, 5.41) is 8.70. The Morgan fingerprint density at radius 1 is 1.29 bits per heavy atom. The summed E-state index contributed by atoms with van der Waals surface area (Å²) in [7, 11) is -3.61. The first-order chi connectivity index (χ1) is 9.86. The van der Waals surface area contributed by atoms with E-state index in [-0.39, 0.29) is 10.9 Å². The highest BCUT2D eigenvalue weighted by Gasteiger charge is 2.32. The van der Waals surface area contributed by atoms with E-state index in [1.54, 1.807) is 12.1 Å². The Kier molecular flexibility index (Phi) is 5.35. The van der Waals surface area contributed by atoms with E-state index in [0.717, 1.165) is 12.1 Å². The summed E-state index contributed by atoms with van der Waals surface area (Å²) >= 11 is 1.96. The molecule has 1 aromatic carbocycles. The van der Waals surface area contributed by atoms with Gasteiger partial charge in [0.2, 0.25) is 10.0 Å². The minimum Gasteiger partial charge on any atom is -0.309 e. The van der Waals surface area contributed by atoms with E-state index < -0.39 is 10.0 Å². The van der Waals surface area contributed by atoms with Crippen LogP contribution in [-0.4, -0.2) is 26.0 Å². The maximum absolute atomic E-state index is 11.3. The van der Waals surface area contributed by atoms with Crippen molar-refractivity contribution in [3.05, 3.63) is 29.8 Å². The van der Waals surface area contributed by atoms with Gasteiger partial charge in [-0.3, -0.25) is 0 Å². The average molecular weight is 329 g/mol. The second kappa shape index (κ2) is 6.69. The largest absolute Gasteiger partial charge is 0.309 e. The van der Waals surface area contributed by atoms with Gasteiger partial charge < -0.3 is 5.32 Å². The van der Waals surface area contributed by atoms with E-state index >= 15 is 0 Å². The molecule has 0 amide bonds. The zero-order chi connectivity index (χ0) is 15.5. The molecule has 0 aromatic heterocycles. The van der Waals surface area contributed by atoms with Crippen LogP contribution in [-0.2, 0) is 10.0 Å². The fourth-order valence-electron chi connectivity index (χ4n) is 2.88. The molecule has 0 saturated heterocycles. The summed E-state index contributed by atoms with van der Waals surface area (Å²) in [4.78, 5) is 0.162. The summed E-state index contributed by atoms with van der Waals surface area (Å²) in [6, 6.07) is 7.00. The molecule has 1 aliphatic rings. The first kappa shape index (κ1) is 16.8. The quantitative estimate of drug-likeness (QED) is 0.842. The minimum absolute atomic E-state index is 0.162. The average Bonchev–Trinajstić information content (AvgIpc) is 2.93. The van der Waals surface area contributed by atoms with Crippen LogP contribution in [0.15, 0.2) is 29.2 Å². The number of nitrogens with one attached hydrogen (secondary N) is 1. The molecular formula is C15H24N2O2S2. The van der Waals surface area contributed by atoms with Crippen LogP contribution in [0.1, 0.15) is 44.2 Å². The molecule has 0 heterocycles. The van der Waals surface area contributed by atoms with Crippen LogP contribution < -0.4 is 10.5 Å². The van der Waals surface area contributed by atoms with E-state index in [0.29, 0.717) is 4.75 Å². The highest BCUT2D eigenvalue weighted by molar-refractivity contribution is 8.00. The zero-order valence-corrected chi connectivity index (χ0v) is 14.3. The number of hydrogen-bond acceptors (Lipinski definition) is 4. The van der Waals surface area contributed by atoms with Crippen LogP contribution in [0.25, 0.3) is 0 Å². The third-order valence-electron chi connectivity index (χ3n) is 4.39. The van der Waals surface area contributed by atoms with Crippen LogP contribution in [0.2, 0.25) is 0 Å². The smallest absolute Gasteiger partial charge is 0.238 e. The monoisotopic (exact) mass is 328 g/mol. The van der Waals surface area contributed by atoms with Gasteiger partial charge in [-0.25, -0.2) is 13.6 Å². The second-order valence-electron chi connectivity index (χ2n) is 5.81. The van der Waals surface area contributed by atoms with E-state index in [1.807, 2.05) is 23.9 Å². The highest BCUT2D eigenvalue weighted by atomic mass is 32.2. The lowest BCUT2D eigenvalue weighted by atomic mass is 10.0. The Labute approximate surface area is 131 Å². The van der Waals surface area contributed by atoms with Gasteiger partial charge in [-0.1, -0.05) is 25.0 Å². The Morgan fingerprint density at radius 2 is 1.86 bits per heavy atom. The van der Waals surface area contributed by atoms with Crippen molar-refractivity contribution in [1.29, 1.82) is 0 Å². The molecule has 1 saturated carbocycles. The van der Waals surface area contributed by atoms with Gasteiger partial charge >= 0.3 is 0 Å². The maximum Gasteiger partial charge on any atom is 0.238 e. The third-order valence-corrected chi connectivity index (χ3v) is 6.73. The molecular weight excluding hydrogens is 304 g/mol. The summed E-state index contributed by atoms with van der Waals surface area (Å²) in [5.74, 6) is 0. The number of primary sulfonamides is 1. The Morgan fingerprint density at radius 3 is 2.33 bits per heavy atom. The normalized spacial score (nSPS) is 19.6. The lowest BCUT2D eigenvalue weighted by molar-refractivity contribution is 0.486. The number of nitrogens with two attached hydrogens (primary N) is 1. The first-order valence-corrected chi connectivity index (χ1v) is 10.0. The molecule has 0 spiro atoms. The number of thioether (sulfide) groups is 1. The fraction of sp³-hybridized carbons (Fsp3) is 0.600. The number of rotatable bonds is 6. The predicted molar refractivity (Wildman–Crippen MR) is 88.9 cm³/mol. The van der Waals surface area contributed by atoms with E-state index in [2.05, 4.69) is 18.5 Å². The molecule has 0 bridgehead atoms. The molecule has 0 radical (unpaired) electrons. The first-order valence-electron chi connectivity index (χ1n) is 7.28. The van der Waals surface area contributed by atoms with Crippen molar-refractivity contribution >= 4 is 21.8 Å². The summed E-state index contributed by atoms with van der Waals surface area (Å²) in [6.45, 7) is 3.10. The van der Waals surface area contributed by atoms with Crippen molar-refractivity contribution in [3.63, 3.8) is 0 Å². The van der Waals surface area contributed by atoms with Crippen molar-refractivity contribution in [2.45, 2.75) is 48.3 Å². The van der Waals surface area contributed by atoms with Crippen LogP contribution >= 0.6 is 11.8 Å². The lowest BCUT2D eigenvalue weighted by Crippen LogP contribution is -2.36. The van der Waals surface area contributed by atoms with Gasteiger partial charge in [0.1, 0.15) is 0 Å². The van der Waals surface area contributed by atoms with Gasteiger partial charge in [-0.15, -0.1) is 0 Å². The van der Waals surface area contributed by atoms with Crippen LogP contribution in [0.3, 0.4) is 0 Å². The van der Waals surface area contributed by atoms with Crippen LogP contribution in [0.5, 0.6) is 0 Å². The van der Waals surface area contributed by atoms with Gasteiger partial charge in [0.15, 0.2) is 0 Å². The molecule has 1 atom stereocenters. The van der Waals surface area contributed by atoms with Gasteiger partial charge in [-0.2, -0.15) is 11.8 Å². The SMILES string of the molecule is CSC1(CNC(C)c2ccc(S(N)(=O)=O)cc2)CCCC1. The molecule has 1 unspecified atom stereocenters. The fourth-order valence-corrected chi connectivity index (χ4v) is 4.32. The third kappa shape index (κ3) is 4.22. The van der Waals surface area contributed by atoms with Crippen molar-refractivity contribution in [2.24, 2.45) is 5.14 Å². The van der Waals surface area contributed by atoms with Crippen LogP contribution in [0, 0.1) is 0 Å². The van der Waals surface area contributed by atoms with E-state index in [9.17, 15) is 8.42 Å². The molecule has 2 rings (SSSR count). The molecule has 21 heavy (non-hydrogen) atoms. The highest BCUT2D eigenvalue weighted by Crippen LogP contribution is 2.39. The molecule has 118 valence electrons. The molecule has 1 aromatic rings. The standard InChI is InChI=1S/C15H24N2O2S2/c1-12(17-11-15(20-2)9-3-4-10-15)13-5-7-14(8-6-13)21(16,18)19/h5-8,12,17H,3-4,9-11H2,1-2H3,(H2,16,18,19). The molecule has 4 nitrogen and oxygen atoms in total. The van der Waals surface area contributed by atoms with E-state index in [4.69, 9.17) is 5.14 Å². The summed E-state index contributed by atoms with van der Waals surface area (Å²) < 4.78 is 22.9. The number of sulfonamides is 1. The van der Waals surface area contributed by atoms with Gasteiger partial charge in [0.05, 0.1) is 4.90 Å². The van der Waals surface area contributed by atoms with Crippen molar-refractivity contribution < 1.29 is 8.42 Å². The molecule has 6 heteroatoms. The minimum atomic E-state index is -3.61.